The molecule has 58 heavy (non-hydrogen) atoms. The normalized spacial score (nSPS) is 41.3. The minimum Gasteiger partial charge on any atom is -0.481 e. The van der Waals surface area contributed by atoms with Crippen LogP contribution in [0.1, 0.15) is 140 Å². The van der Waals surface area contributed by atoms with Gasteiger partial charge in [-0.25, -0.2) is 4.79 Å². The van der Waals surface area contributed by atoms with E-state index >= 15 is 0 Å². The number of hydrogen-bond donors (Lipinski definition) is 4. The van der Waals surface area contributed by atoms with Gasteiger partial charge in [0, 0.05) is 30.1 Å². The number of carbonyl (C=O) groups excluding carboxylic acids is 2. The van der Waals surface area contributed by atoms with Crippen LogP contribution < -0.4 is 5.32 Å². The standard InChI is InChI=1S/C45H77NO12/c1-14-32(40(49)50)34-19-18-25(5)38(55-34)29(9)36(47)28(8)37(48)33(15-2)39-26(6)24-27(7)44(17-4,56-39)58-45(30(10)46-41(51)53-13)23-22-42(12,57-45)35-20-21-43(52,16-3)31(11)54-35/h17,25-36,38-39,47,52H,4,14-16,18-24H2,1-3,5-13H3,(H,46,51)(H,49,50)/t25-,26-,27+,28-,29-,30+,31-,32+,33-,34+,35+,36+,38+,39-,42-,43+,44-,45-/m0/s1. The average Bonchev–Trinajstić information content (AvgIpc) is 3.55. The number of carboxylic acid groups (broad SMARTS) is 1. The number of methoxy groups -OCH3 is 1. The molecule has 4 fully saturated rings. The maximum absolute atomic E-state index is 14.6. The minimum atomic E-state index is -1.43. The van der Waals surface area contributed by atoms with Gasteiger partial charge in [-0.2, -0.15) is 0 Å². The molecule has 0 aliphatic carbocycles. The van der Waals surface area contributed by atoms with Crippen molar-refractivity contribution < 1.29 is 58.1 Å². The van der Waals surface area contributed by atoms with Crippen molar-refractivity contribution in [3.63, 3.8) is 0 Å². The average molecular weight is 824 g/mol. The Labute approximate surface area is 347 Å². The second-order valence-electron chi connectivity index (χ2n) is 18.7. The van der Waals surface area contributed by atoms with E-state index in [1.165, 1.54) is 7.11 Å². The molecule has 1 amide bonds. The number of amides is 1. The number of aliphatic carboxylic acids is 1. The van der Waals surface area contributed by atoms with E-state index in [1.807, 2.05) is 48.5 Å². The third-order valence-corrected chi connectivity index (χ3v) is 14.9. The summed E-state index contributed by atoms with van der Waals surface area (Å²) in [7, 11) is 1.30. The summed E-state index contributed by atoms with van der Waals surface area (Å²) in [5, 5.41) is 35.7. The molecule has 13 nitrogen and oxygen atoms in total. The molecule has 0 aromatic heterocycles. The molecule has 0 radical (unpaired) electrons. The van der Waals surface area contributed by atoms with Crippen LogP contribution in [-0.2, 0) is 38.0 Å². The first-order valence-electron chi connectivity index (χ1n) is 22.2. The predicted octanol–water partition coefficient (Wildman–Crippen LogP) is 7.19. The smallest absolute Gasteiger partial charge is 0.407 e. The van der Waals surface area contributed by atoms with E-state index in [1.54, 1.807) is 19.9 Å². The minimum absolute atomic E-state index is 0.0578. The number of alkyl carbamates (subject to hydrolysis) is 1. The molecule has 334 valence electrons. The molecule has 4 heterocycles. The maximum atomic E-state index is 14.6. The van der Waals surface area contributed by atoms with Gasteiger partial charge >= 0.3 is 12.1 Å². The summed E-state index contributed by atoms with van der Waals surface area (Å²) in [5.74, 6) is -6.47. The van der Waals surface area contributed by atoms with Gasteiger partial charge in [-0.3, -0.25) is 9.59 Å². The van der Waals surface area contributed by atoms with Crippen molar-refractivity contribution in [3.8, 4) is 0 Å². The first kappa shape index (κ1) is 48.5. The lowest BCUT2D eigenvalue weighted by Crippen LogP contribution is -2.63. The van der Waals surface area contributed by atoms with Crippen LogP contribution in [-0.4, -0.2) is 106 Å². The Morgan fingerprint density at radius 2 is 1.59 bits per heavy atom. The third-order valence-electron chi connectivity index (χ3n) is 14.9. The van der Waals surface area contributed by atoms with Crippen LogP contribution in [0.25, 0.3) is 0 Å². The summed E-state index contributed by atoms with van der Waals surface area (Å²) in [6.07, 6.45) is 3.32. The highest BCUT2D eigenvalue weighted by molar-refractivity contribution is 5.84. The first-order chi connectivity index (χ1) is 27.1. The number of aliphatic hydroxyl groups is 2. The third kappa shape index (κ3) is 9.66. The number of ketones is 1. The summed E-state index contributed by atoms with van der Waals surface area (Å²) in [5.41, 5.74) is -1.76. The van der Waals surface area contributed by atoms with Gasteiger partial charge in [-0.15, -0.1) is 0 Å². The molecule has 0 saturated carbocycles. The molecule has 13 heteroatoms. The highest BCUT2D eigenvalue weighted by Crippen LogP contribution is 2.52. The van der Waals surface area contributed by atoms with E-state index in [9.17, 15) is 29.7 Å². The molecule has 4 N–H and O–H groups in total. The summed E-state index contributed by atoms with van der Waals surface area (Å²) >= 11 is 0. The SMILES string of the molecule is C=C[C@@]1(O[C@]2([C@@H](C)NC(=O)OC)CC[C@@](C)([C@H]3CC[C@](O)(CC)[C@H](C)O3)O2)O[C@H]([C@@H](CC)C(=O)[C@@H](C)[C@@H](O)[C@H](C)[C@@H]2O[C@@H]([C@@H](CC)C(=O)O)CC[C@@H]2C)[C@@H](C)C[C@H]1C. The van der Waals surface area contributed by atoms with Gasteiger partial charge in [0.15, 0.2) is 11.6 Å². The van der Waals surface area contributed by atoms with Crippen molar-refractivity contribution in [3.05, 3.63) is 12.7 Å². The van der Waals surface area contributed by atoms with Gasteiger partial charge in [-0.1, -0.05) is 62.0 Å². The molecular weight excluding hydrogens is 746 g/mol. The Balaban J connectivity index is 1.60. The lowest BCUT2D eigenvalue weighted by Gasteiger charge is -2.53. The number of carbonyl (C=O) groups is 3. The zero-order chi connectivity index (χ0) is 43.5. The van der Waals surface area contributed by atoms with Gasteiger partial charge in [0.2, 0.25) is 0 Å². The van der Waals surface area contributed by atoms with Crippen molar-refractivity contribution in [1.29, 1.82) is 0 Å². The molecule has 4 saturated heterocycles. The molecule has 0 bridgehead atoms. The van der Waals surface area contributed by atoms with E-state index in [-0.39, 0.29) is 29.6 Å². The molecule has 4 rings (SSSR count). The first-order valence-corrected chi connectivity index (χ1v) is 22.2. The lowest BCUT2D eigenvalue weighted by molar-refractivity contribution is -0.394. The number of carboxylic acids is 1. The predicted molar refractivity (Wildman–Crippen MR) is 219 cm³/mol. The molecule has 0 aromatic carbocycles. The van der Waals surface area contributed by atoms with Crippen LogP contribution in [0, 0.1) is 41.4 Å². The van der Waals surface area contributed by atoms with Crippen LogP contribution in [0.5, 0.6) is 0 Å². The Morgan fingerprint density at radius 3 is 2.14 bits per heavy atom. The van der Waals surface area contributed by atoms with Crippen LogP contribution in [0.4, 0.5) is 4.79 Å². The molecule has 4 aliphatic rings. The zero-order valence-electron chi connectivity index (χ0n) is 37.5. The second kappa shape index (κ2) is 19.3. The lowest BCUT2D eigenvalue weighted by atomic mass is 9.73. The van der Waals surface area contributed by atoms with Crippen molar-refractivity contribution >= 4 is 17.8 Å². The van der Waals surface area contributed by atoms with Crippen molar-refractivity contribution in [2.24, 2.45) is 41.4 Å². The summed E-state index contributed by atoms with van der Waals surface area (Å²) in [4.78, 5) is 39.3. The van der Waals surface area contributed by atoms with Crippen molar-refractivity contribution in [1.82, 2.24) is 5.32 Å². The number of hydrogen-bond acceptors (Lipinski definition) is 11. The summed E-state index contributed by atoms with van der Waals surface area (Å²) in [6.45, 7) is 25.4. The fraction of sp³-hybridized carbons (Fsp3) is 0.889. The fourth-order valence-corrected chi connectivity index (χ4v) is 10.6. The fourth-order valence-electron chi connectivity index (χ4n) is 10.6. The molecule has 0 unspecified atom stereocenters. The Morgan fingerprint density at radius 1 is 0.931 bits per heavy atom. The highest BCUT2D eigenvalue weighted by Gasteiger charge is 2.61. The van der Waals surface area contributed by atoms with E-state index in [2.05, 4.69) is 25.7 Å². The van der Waals surface area contributed by atoms with E-state index in [4.69, 9.17) is 28.4 Å². The Hall–Kier alpha value is -2.13. The van der Waals surface area contributed by atoms with Gasteiger partial charge in [-0.05, 0) is 96.5 Å². The van der Waals surface area contributed by atoms with Crippen LogP contribution in [0.3, 0.4) is 0 Å². The Bertz CT molecular complexity index is 1430. The number of ether oxygens (including phenoxy) is 6. The van der Waals surface area contributed by atoms with E-state index in [0.29, 0.717) is 57.8 Å². The van der Waals surface area contributed by atoms with Crippen LogP contribution >= 0.6 is 0 Å². The zero-order valence-corrected chi connectivity index (χ0v) is 37.5. The quantitative estimate of drug-likeness (QED) is 0.109. The monoisotopic (exact) mass is 824 g/mol. The topological polar surface area (TPSA) is 179 Å². The summed E-state index contributed by atoms with van der Waals surface area (Å²) in [6, 6.07) is -0.715. The van der Waals surface area contributed by atoms with E-state index < -0.39 is 95.1 Å². The van der Waals surface area contributed by atoms with E-state index in [0.717, 1.165) is 6.42 Å². The number of Topliss-reactive ketones (excluding diaryl/α,β-unsaturated/α-hetero) is 1. The van der Waals surface area contributed by atoms with Gasteiger partial charge in [0.25, 0.3) is 0 Å². The molecule has 0 spiro atoms. The van der Waals surface area contributed by atoms with Crippen LogP contribution in [0.15, 0.2) is 12.7 Å². The van der Waals surface area contributed by atoms with Crippen LogP contribution in [0.2, 0.25) is 0 Å². The number of rotatable bonds is 17. The molecule has 4 aliphatic heterocycles. The highest BCUT2D eigenvalue weighted by atomic mass is 16.8. The van der Waals surface area contributed by atoms with Gasteiger partial charge < -0.3 is 49.1 Å². The Kier molecular flexibility index (Phi) is 16.1. The number of nitrogens with one attached hydrogen (secondary N) is 1. The molecule has 0 aromatic rings. The molecular formula is C45H77NO12. The van der Waals surface area contributed by atoms with Crippen molar-refractivity contribution in [2.75, 3.05) is 7.11 Å². The van der Waals surface area contributed by atoms with Gasteiger partial charge in [0.05, 0.1) is 66.9 Å². The summed E-state index contributed by atoms with van der Waals surface area (Å²) < 4.78 is 39.1. The number of aliphatic hydroxyl groups excluding tert-OH is 1. The molecule has 18 atom stereocenters. The van der Waals surface area contributed by atoms with Gasteiger partial charge in [0.1, 0.15) is 5.78 Å². The van der Waals surface area contributed by atoms with Crippen molar-refractivity contribution in [2.45, 2.75) is 206 Å². The second-order valence-corrected chi connectivity index (χ2v) is 18.7. The largest absolute Gasteiger partial charge is 0.481 e. The maximum Gasteiger partial charge on any atom is 0.407 e.